The van der Waals surface area contributed by atoms with Gasteiger partial charge in [-0.3, -0.25) is 0 Å². The Morgan fingerprint density at radius 3 is 2.81 bits per heavy atom. The van der Waals surface area contributed by atoms with Crippen LogP contribution in [0, 0.1) is 0 Å². The standard InChI is InChI=1S/C14H18N2O5/c17-12-8-9(13(18)19)3-4-11(12)16-14(20)15-6-5-10-2-1-7-21-10/h3-4,8,10,17H,1-2,5-7H2,(H,18,19)(H2,15,16,20). The molecule has 0 saturated carbocycles. The van der Waals surface area contributed by atoms with E-state index in [4.69, 9.17) is 9.84 Å². The zero-order valence-electron chi connectivity index (χ0n) is 11.5. The minimum atomic E-state index is -1.14. The Bertz CT molecular complexity index is 526. The summed E-state index contributed by atoms with van der Waals surface area (Å²) in [4.78, 5) is 22.4. The van der Waals surface area contributed by atoms with E-state index in [1.165, 1.54) is 12.1 Å². The number of carbonyl (C=O) groups excluding carboxylic acids is 1. The Morgan fingerprint density at radius 1 is 1.38 bits per heavy atom. The van der Waals surface area contributed by atoms with Gasteiger partial charge in [0.2, 0.25) is 0 Å². The molecule has 0 spiro atoms. The van der Waals surface area contributed by atoms with Crippen molar-refractivity contribution < 1.29 is 24.5 Å². The van der Waals surface area contributed by atoms with Crippen molar-refractivity contribution in [2.45, 2.75) is 25.4 Å². The second-order valence-corrected chi connectivity index (χ2v) is 4.84. The van der Waals surface area contributed by atoms with Gasteiger partial charge in [0.1, 0.15) is 5.75 Å². The van der Waals surface area contributed by atoms with E-state index >= 15 is 0 Å². The van der Waals surface area contributed by atoms with Gasteiger partial charge < -0.3 is 25.6 Å². The van der Waals surface area contributed by atoms with Gasteiger partial charge in [-0.25, -0.2) is 9.59 Å². The summed E-state index contributed by atoms with van der Waals surface area (Å²) in [6.45, 7) is 1.26. The summed E-state index contributed by atoms with van der Waals surface area (Å²) in [5.41, 5.74) is 0.117. The average Bonchev–Trinajstić information content (AvgIpc) is 2.94. The molecule has 0 bridgehead atoms. The van der Waals surface area contributed by atoms with Crippen LogP contribution < -0.4 is 10.6 Å². The van der Waals surface area contributed by atoms with Crippen LogP contribution in [0.15, 0.2) is 18.2 Å². The Labute approximate surface area is 121 Å². The molecule has 21 heavy (non-hydrogen) atoms. The Hall–Kier alpha value is -2.28. The first-order chi connectivity index (χ1) is 10.1. The van der Waals surface area contributed by atoms with E-state index in [-0.39, 0.29) is 23.1 Å². The maximum absolute atomic E-state index is 11.7. The van der Waals surface area contributed by atoms with Crippen LogP contribution in [0.5, 0.6) is 5.75 Å². The van der Waals surface area contributed by atoms with E-state index in [9.17, 15) is 14.7 Å². The van der Waals surface area contributed by atoms with Crippen LogP contribution >= 0.6 is 0 Å². The molecule has 2 rings (SSSR count). The molecule has 114 valence electrons. The lowest BCUT2D eigenvalue weighted by atomic mass is 10.2. The zero-order valence-corrected chi connectivity index (χ0v) is 11.5. The van der Waals surface area contributed by atoms with Crippen molar-refractivity contribution >= 4 is 17.7 Å². The number of nitrogens with one attached hydrogen (secondary N) is 2. The number of phenolic OH excluding ortho intramolecular Hbond substituents is 1. The third-order valence-corrected chi connectivity index (χ3v) is 3.27. The van der Waals surface area contributed by atoms with Gasteiger partial charge in [0.15, 0.2) is 0 Å². The molecule has 0 aliphatic carbocycles. The summed E-state index contributed by atoms with van der Waals surface area (Å²) in [6.07, 6.45) is 3.02. The molecule has 7 nitrogen and oxygen atoms in total. The maximum atomic E-state index is 11.7. The second-order valence-electron chi connectivity index (χ2n) is 4.84. The molecule has 0 aromatic heterocycles. The molecule has 1 aliphatic rings. The minimum Gasteiger partial charge on any atom is -0.506 e. The molecule has 1 aromatic rings. The van der Waals surface area contributed by atoms with Gasteiger partial charge in [-0.05, 0) is 37.5 Å². The molecule has 1 fully saturated rings. The lowest BCUT2D eigenvalue weighted by Crippen LogP contribution is -2.31. The van der Waals surface area contributed by atoms with Crippen molar-refractivity contribution in [2.75, 3.05) is 18.5 Å². The summed E-state index contributed by atoms with van der Waals surface area (Å²) < 4.78 is 5.44. The first kappa shape index (κ1) is 15.1. The number of carboxylic acid groups (broad SMARTS) is 1. The van der Waals surface area contributed by atoms with Crippen LogP contribution in [-0.4, -0.2) is 41.5 Å². The molecular weight excluding hydrogens is 276 g/mol. The highest BCUT2D eigenvalue weighted by molar-refractivity contribution is 5.93. The van der Waals surface area contributed by atoms with Gasteiger partial charge in [-0.1, -0.05) is 0 Å². The van der Waals surface area contributed by atoms with Gasteiger partial charge >= 0.3 is 12.0 Å². The number of amides is 2. The van der Waals surface area contributed by atoms with Crippen LogP contribution in [-0.2, 0) is 4.74 Å². The van der Waals surface area contributed by atoms with Crippen LogP contribution in [0.1, 0.15) is 29.6 Å². The van der Waals surface area contributed by atoms with E-state index in [2.05, 4.69) is 10.6 Å². The lowest BCUT2D eigenvalue weighted by Gasteiger charge is -2.11. The van der Waals surface area contributed by atoms with Gasteiger partial charge in [0, 0.05) is 13.2 Å². The quantitative estimate of drug-likeness (QED) is 0.619. The fraction of sp³-hybridized carbons (Fsp3) is 0.429. The van der Waals surface area contributed by atoms with Crippen molar-refractivity contribution in [1.82, 2.24) is 5.32 Å². The normalized spacial score (nSPS) is 17.4. The molecule has 1 heterocycles. The van der Waals surface area contributed by atoms with Gasteiger partial charge in [-0.2, -0.15) is 0 Å². The molecular formula is C14H18N2O5. The van der Waals surface area contributed by atoms with Crippen LogP contribution in [0.3, 0.4) is 0 Å². The molecule has 0 radical (unpaired) electrons. The monoisotopic (exact) mass is 294 g/mol. The topological polar surface area (TPSA) is 108 Å². The van der Waals surface area contributed by atoms with Crippen molar-refractivity contribution in [3.05, 3.63) is 23.8 Å². The molecule has 1 aromatic carbocycles. The first-order valence-corrected chi connectivity index (χ1v) is 6.79. The molecule has 4 N–H and O–H groups in total. The molecule has 1 atom stereocenters. The summed E-state index contributed by atoms with van der Waals surface area (Å²) in [7, 11) is 0. The number of carboxylic acids is 1. The third kappa shape index (κ3) is 4.35. The summed E-state index contributed by atoms with van der Waals surface area (Å²) in [5, 5.41) is 23.6. The third-order valence-electron chi connectivity index (χ3n) is 3.27. The van der Waals surface area contributed by atoms with Crippen molar-refractivity contribution in [3.8, 4) is 5.75 Å². The first-order valence-electron chi connectivity index (χ1n) is 6.79. The Morgan fingerprint density at radius 2 is 2.19 bits per heavy atom. The number of ether oxygens (including phenoxy) is 1. The number of rotatable bonds is 5. The van der Waals surface area contributed by atoms with Crippen molar-refractivity contribution in [2.24, 2.45) is 0 Å². The maximum Gasteiger partial charge on any atom is 0.335 e. The largest absolute Gasteiger partial charge is 0.506 e. The van der Waals surface area contributed by atoms with E-state index in [0.29, 0.717) is 6.54 Å². The number of benzene rings is 1. The highest BCUT2D eigenvalue weighted by atomic mass is 16.5. The number of hydrogen-bond acceptors (Lipinski definition) is 4. The average molecular weight is 294 g/mol. The van der Waals surface area contributed by atoms with E-state index in [0.717, 1.165) is 31.9 Å². The van der Waals surface area contributed by atoms with Gasteiger partial charge in [-0.15, -0.1) is 0 Å². The number of hydrogen-bond donors (Lipinski definition) is 4. The molecule has 1 saturated heterocycles. The summed E-state index contributed by atoms with van der Waals surface area (Å²) in [5.74, 6) is -1.43. The fourth-order valence-corrected chi connectivity index (χ4v) is 2.16. The van der Waals surface area contributed by atoms with Crippen molar-refractivity contribution in [1.29, 1.82) is 0 Å². The molecule has 2 amide bonds. The van der Waals surface area contributed by atoms with E-state index in [1.807, 2.05) is 0 Å². The summed E-state index contributed by atoms with van der Waals surface area (Å²) in [6, 6.07) is 3.29. The van der Waals surface area contributed by atoms with Gasteiger partial charge in [0.05, 0.1) is 17.4 Å². The Balaban J connectivity index is 1.80. The highest BCUT2D eigenvalue weighted by Crippen LogP contribution is 2.24. The van der Waals surface area contributed by atoms with Crippen molar-refractivity contribution in [3.63, 3.8) is 0 Å². The number of phenols is 1. The smallest absolute Gasteiger partial charge is 0.335 e. The number of urea groups is 1. The SMILES string of the molecule is O=C(NCCC1CCCO1)Nc1ccc(C(=O)O)cc1O. The number of anilines is 1. The summed E-state index contributed by atoms with van der Waals surface area (Å²) >= 11 is 0. The minimum absolute atomic E-state index is 0.0446. The van der Waals surface area contributed by atoms with Crippen LogP contribution in [0.4, 0.5) is 10.5 Å². The Kier molecular flexibility index (Phi) is 4.99. The predicted octanol–water partition coefficient (Wildman–Crippen LogP) is 1.78. The number of aromatic hydroxyl groups is 1. The fourth-order valence-electron chi connectivity index (χ4n) is 2.16. The predicted molar refractivity (Wildman–Crippen MR) is 75.7 cm³/mol. The lowest BCUT2D eigenvalue weighted by molar-refractivity contribution is 0.0696. The number of aromatic carboxylic acids is 1. The van der Waals surface area contributed by atoms with Gasteiger partial charge in [0.25, 0.3) is 0 Å². The highest BCUT2D eigenvalue weighted by Gasteiger charge is 2.15. The van der Waals surface area contributed by atoms with Crippen LogP contribution in [0.2, 0.25) is 0 Å². The second kappa shape index (κ2) is 6.94. The molecule has 7 heteroatoms. The number of carbonyl (C=O) groups is 2. The van der Waals surface area contributed by atoms with E-state index in [1.54, 1.807) is 0 Å². The van der Waals surface area contributed by atoms with Crippen LogP contribution in [0.25, 0.3) is 0 Å². The van der Waals surface area contributed by atoms with E-state index < -0.39 is 12.0 Å². The molecule has 1 unspecified atom stereocenters. The zero-order chi connectivity index (χ0) is 15.2. The molecule has 1 aliphatic heterocycles.